The molecule has 0 radical (unpaired) electrons. The van der Waals surface area contributed by atoms with Crippen LogP contribution < -0.4 is 0 Å². The maximum Gasteiger partial charge on any atom is -0.00705 e. The first kappa shape index (κ1) is 13.2. The van der Waals surface area contributed by atoms with Crippen LogP contribution in [0.2, 0.25) is 0 Å². The van der Waals surface area contributed by atoms with Gasteiger partial charge in [-0.2, -0.15) is 0 Å². The predicted octanol–water partition coefficient (Wildman–Crippen LogP) is 5.84. The molecular weight excluding hydrogens is 240 g/mol. The van der Waals surface area contributed by atoms with E-state index in [0.717, 1.165) is 0 Å². The van der Waals surface area contributed by atoms with Gasteiger partial charge in [0.05, 0.1) is 0 Å². The molecule has 0 heterocycles. The van der Waals surface area contributed by atoms with Crippen LogP contribution in [0.4, 0.5) is 0 Å². The highest BCUT2D eigenvalue weighted by Gasteiger charge is 2.11. The van der Waals surface area contributed by atoms with Gasteiger partial charge in [-0.05, 0) is 96.5 Å². The molecule has 0 aliphatic rings. The summed E-state index contributed by atoms with van der Waals surface area (Å²) in [5.74, 6) is 0. The molecule has 0 saturated carbocycles. The van der Waals surface area contributed by atoms with Crippen molar-refractivity contribution in [3.8, 4) is 0 Å². The van der Waals surface area contributed by atoms with Crippen molar-refractivity contribution >= 4 is 21.5 Å². The molecule has 0 spiro atoms. The first-order valence-corrected chi connectivity index (χ1v) is 7.32. The highest BCUT2D eigenvalue weighted by molar-refractivity contribution is 6.11. The van der Waals surface area contributed by atoms with Crippen LogP contribution in [-0.4, -0.2) is 0 Å². The van der Waals surface area contributed by atoms with Crippen LogP contribution in [0.15, 0.2) is 24.3 Å². The topological polar surface area (TPSA) is 0 Å². The van der Waals surface area contributed by atoms with Crippen LogP contribution in [0.3, 0.4) is 0 Å². The third kappa shape index (κ3) is 1.67. The van der Waals surface area contributed by atoms with Crippen molar-refractivity contribution in [3.63, 3.8) is 0 Å². The van der Waals surface area contributed by atoms with E-state index in [0.29, 0.717) is 0 Å². The predicted molar refractivity (Wildman–Crippen MR) is 89.9 cm³/mol. The molecule has 0 bridgehead atoms. The summed E-state index contributed by atoms with van der Waals surface area (Å²) in [7, 11) is 0. The minimum atomic E-state index is 1.37. The van der Waals surface area contributed by atoms with E-state index in [-0.39, 0.29) is 0 Å². The summed E-state index contributed by atoms with van der Waals surface area (Å²) in [4.78, 5) is 0. The van der Waals surface area contributed by atoms with Gasteiger partial charge in [0.2, 0.25) is 0 Å². The number of hydrogen-bond acceptors (Lipinski definition) is 0. The maximum absolute atomic E-state index is 2.33. The Bertz CT molecular complexity index is 779. The fourth-order valence-electron chi connectivity index (χ4n) is 3.33. The quantitative estimate of drug-likeness (QED) is 0.446. The molecule has 0 N–H and O–H groups in total. The lowest BCUT2D eigenvalue weighted by atomic mass is 9.88. The Labute approximate surface area is 121 Å². The second-order valence-corrected chi connectivity index (χ2v) is 6.15. The van der Waals surface area contributed by atoms with Crippen LogP contribution in [0, 0.1) is 41.5 Å². The zero-order valence-corrected chi connectivity index (χ0v) is 13.3. The van der Waals surface area contributed by atoms with Gasteiger partial charge < -0.3 is 0 Å². The molecule has 0 aliphatic heterocycles. The summed E-state index contributed by atoms with van der Waals surface area (Å²) in [5.41, 5.74) is 8.46. The van der Waals surface area contributed by atoms with Gasteiger partial charge in [0.25, 0.3) is 0 Å². The van der Waals surface area contributed by atoms with E-state index in [9.17, 15) is 0 Å². The molecule has 0 saturated heterocycles. The van der Waals surface area contributed by atoms with Gasteiger partial charge in [-0.3, -0.25) is 0 Å². The van der Waals surface area contributed by atoms with Crippen LogP contribution in [0.1, 0.15) is 33.4 Å². The van der Waals surface area contributed by atoms with Gasteiger partial charge in [-0.1, -0.05) is 24.3 Å². The molecule has 3 aromatic carbocycles. The number of rotatable bonds is 0. The standard InChI is InChI=1S/C20H22/c1-11-9-17-7-8-18-10-12(2)14(4)16(6)20(18)19(17)15(5)13(11)3/h7-10H,1-6H3. The van der Waals surface area contributed by atoms with E-state index >= 15 is 0 Å². The maximum atomic E-state index is 2.33. The Kier molecular flexibility index (Phi) is 2.86. The van der Waals surface area contributed by atoms with Gasteiger partial charge in [0.15, 0.2) is 0 Å². The van der Waals surface area contributed by atoms with Crippen LogP contribution in [0.25, 0.3) is 21.5 Å². The lowest BCUT2D eigenvalue weighted by Gasteiger charge is -2.16. The average Bonchev–Trinajstić information content (AvgIpc) is 2.42. The number of hydrogen-bond donors (Lipinski definition) is 0. The van der Waals surface area contributed by atoms with Gasteiger partial charge in [0, 0.05) is 0 Å². The molecular formula is C20H22. The summed E-state index contributed by atoms with van der Waals surface area (Å²) >= 11 is 0. The van der Waals surface area contributed by atoms with Crippen molar-refractivity contribution in [1.29, 1.82) is 0 Å². The Morgan fingerprint density at radius 3 is 1.20 bits per heavy atom. The zero-order valence-electron chi connectivity index (χ0n) is 13.3. The zero-order chi connectivity index (χ0) is 14.6. The van der Waals surface area contributed by atoms with Gasteiger partial charge in [-0.25, -0.2) is 0 Å². The molecule has 102 valence electrons. The molecule has 0 atom stereocenters. The average molecular weight is 262 g/mol. The van der Waals surface area contributed by atoms with E-state index < -0.39 is 0 Å². The summed E-state index contributed by atoms with van der Waals surface area (Å²) < 4.78 is 0. The van der Waals surface area contributed by atoms with Crippen molar-refractivity contribution in [3.05, 3.63) is 57.6 Å². The Morgan fingerprint density at radius 2 is 0.850 bits per heavy atom. The molecule has 20 heavy (non-hydrogen) atoms. The molecule has 0 nitrogen and oxygen atoms in total. The van der Waals surface area contributed by atoms with Gasteiger partial charge in [0.1, 0.15) is 0 Å². The van der Waals surface area contributed by atoms with Crippen LogP contribution in [-0.2, 0) is 0 Å². The fourth-order valence-corrected chi connectivity index (χ4v) is 3.33. The molecule has 0 unspecified atom stereocenters. The van der Waals surface area contributed by atoms with E-state index in [1.807, 2.05) is 0 Å². The minimum absolute atomic E-state index is 1.37. The Hall–Kier alpha value is -1.82. The second kappa shape index (κ2) is 4.34. The fraction of sp³-hybridized carbons (Fsp3) is 0.300. The number of benzene rings is 3. The SMILES string of the molecule is Cc1cc2ccc3cc(C)c(C)c(C)c3c2c(C)c1C. The molecule has 0 aliphatic carbocycles. The van der Waals surface area contributed by atoms with E-state index in [2.05, 4.69) is 65.8 Å². The number of aryl methyl sites for hydroxylation is 4. The van der Waals surface area contributed by atoms with E-state index in [4.69, 9.17) is 0 Å². The molecule has 0 aromatic heterocycles. The summed E-state index contributed by atoms with van der Waals surface area (Å²) in [6.07, 6.45) is 0. The summed E-state index contributed by atoms with van der Waals surface area (Å²) in [6.45, 7) is 13.4. The van der Waals surface area contributed by atoms with E-state index in [1.165, 1.54) is 54.9 Å². The van der Waals surface area contributed by atoms with Gasteiger partial charge >= 0.3 is 0 Å². The van der Waals surface area contributed by atoms with Crippen molar-refractivity contribution in [2.75, 3.05) is 0 Å². The van der Waals surface area contributed by atoms with Crippen molar-refractivity contribution in [2.24, 2.45) is 0 Å². The molecule has 3 rings (SSSR count). The normalized spacial score (nSPS) is 11.5. The third-order valence-electron chi connectivity index (χ3n) is 5.07. The molecule has 0 fully saturated rings. The minimum Gasteiger partial charge on any atom is -0.0537 e. The number of fused-ring (bicyclic) bond motifs is 3. The summed E-state index contributed by atoms with van der Waals surface area (Å²) in [6, 6.07) is 9.19. The highest BCUT2D eigenvalue weighted by Crippen LogP contribution is 2.35. The van der Waals surface area contributed by atoms with Crippen molar-refractivity contribution in [1.82, 2.24) is 0 Å². The molecule has 0 heteroatoms. The van der Waals surface area contributed by atoms with Crippen LogP contribution >= 0.6 is 0 Å². The smallest absolute Gasteiger partial charge is 0.00705 e. The second-order valence-electron chi connectivity index (χ2n) is 6.15. The largest absolute Gasteiger partial charge is 0.0537 e. The van der Waals surface area contributed by atoms with Crippen molar-refractivity contribution in [2.45, 2.75) is 41.5 Å². The van der Waals surface area contributed by atoms with Gasteiger partial charge in [-0.15, -0.1) is 0 Å². The van der Waals surface area contributed by atoms with E-state index in [1.54, 1.807) is 0 Å². The highest BCUT2D eigenvalue weighted by atomic mass is 14.2. The Balaban J connectivity index is 2.66. The molecule has 3 aromatic rings. The molecule has 0 amide bonds. The lowest BCUT2D eigenvalue weighted by molar-refractivity contribution is 1.28. The summed E-state index contributed by atoms with van der Waals surface area (Å²) in [5, 5.41) is 5.60. The van der Waals surface area contributed by atoms with Crippen LogP contribution in [0.5, 0.6) is 0 Å². The third-order valence-corrected chi connectivity index (χ3v) is 5.07. The van der Waals surface area contributed by atoms with Crippen molar-refractivity contribution < 1.29 is 0 Å². The monoisotopic (exact) mass is 262 g/mol. The first-order chi connectivity index (χ1) is 9.41. The first-order valence-electron chi connectivity index (χ1n) is 7.32. The Morgan fingerprint density at radius 1 is 0.500 bits per heavy atom. The lowest BCUT2D eigenvalue weighted by Crippen LogP contribution is -1.94.